The van der Waals surface area contributed by atoms with Crippen LogP contribution in [0.1, 0.15) is 54.0 Å². The van der Waals surface area contributed by atoms with Crippen molar-refractivity contribution in [2.75, 3.05) is 5.32 Å². The summed E-state index contributed by atoms with van der Waals surface area (Å²) in [6, 6.07) is 7.48. The molecule has 0 atom stereocenters. The van der Waals surface area contributed by atoms with Gasteiger partial charge in [0, 0.05) is 5.69 Å². The number of benzene rings is 1. The lowest BCUT2D eigenvalue weighted by molar-refractivity contribution is 0.00578. The van der Waals surface area contributed by atoms with E-state index in [1.807, 2.05) is 84.8 Å². The zero-order chi connectivity index (χ0) is 18.9. The van der Waals surface area contributed by atoms with E-state index in [9.17, 15) is 4.79 Å². The summed E-state index contributed by atoms with van der Waals surface area (Å²) in [5.74, 6) is 1.90. The number of ether oxygens (including phenoxy) is 1. The summed E-state index contributed by atoms with van der Waals surface area (Å²) in [6.07, 6.45) is 1.48. The quantitative estimate of drug-likeness (QED) is 0.809. The van der Waals surface area contributed by atoms with E-state index in [1.54, 1.807) is 0 Å². The van der Waals surface area contributed by atoms with E-state index in [2.05, 4.69) is 5.32 Å². The SMILES string of the molecule is CC(C)(C)OC(=O)Nc1ccc(C=CB2OC(C)(C)C(C)(C)O2)cc1. The van der Waals surface area contributed by atoms with Gasteiger partial charge in [0.25, 0.3) is 0 Å². The van der Waals surface area contributed by atoms with Crippen molar-refractivity contribution in [2.24, 2.45) is 0 Å². The Balaban J connectivity index is 1.94. The molecule has 0 bridgehead atoms. The molecule has 0 aromatic heterocycles. The molecule has 1 fully saturated rings. The van der Waals surface area contributed by atoms with Crippen molar-refractivity contribution in [2.45, 2.75) is 65.3 Å². The Morgan fingerprint density at radius 2 is 1.60 bits per heavy atom. The van der Waals surface area contributed by atoms with Crippen molar-refractivity contribution in [3.63, 3.8) is 0 Å². The molecular formula is C19H28BNO4. The minimum absolute atomic E-state index is 0.344. The summed E-state index contributed by atoms with van der Waals surface area (Å²) >= 11 is 0. The second-order valence-corrected chi connectivity index (χ2v) is 8.23. The second kappa shape index (κ2) is 6.85. The fraction of sp³-hybridized carbons (Fsp3) is 0.526. The maximum Gasteiger partial charge on any atom is 0.487 e. The van der Waals surface area contributed by atoms with Gasteiger partial charge in [-0.05, 0) is 66.2 Å². The molecule has 136 valence electrons. The molecule has 1 aliphatic heterocycles. The third-order valence-electron chi connectivity index (χ3n) is 4.27. The van der Waals surface area contributed by atoms with Gasteiger partial charge in [-0.25, -0.2) is 4.79 Å². The van der Waals surface area contributed by atoms with Crippen molar-refractivity contribution in [1.29, 1.82) is 0 Å². The van der Waals surface area contributed by atoms with Crippen molar-refractivity contribution in [1.82, 2.24) is 0 Å². The lowest BCUT2D eigenvalue weighted by Gasteiger charge is -2.32. The molecule has 0 aliphatic carbocycles. The number of amides is 1. The van der Waals surface area contributed by atoms with E-state index >= 15 is 0 Å². The summed E-state index contributed by atoms with van der Waals surface area (Å²) in [7, 11) is -0.371. The molecule has 1 aliphatic rings. The molecule has 6 heteroatoms. The van der Waals surface area contributed by atoms with E-state index in [1.165, 1.54) is 0 Å². The number of anilines is 1. The summed E-state index contributed by atoms with van der Waals surface area (Å²) < 4.78 is 17.1. The fourth-order valence-corrected chi connectivity index (χ4v) is 2.26. The molecule has 0 radical (unpaired) electrons. The average Bonchev–Trinajstić information content (AvgIpc) is 2.64. The first-order valence-electron chi connectivity index (χ1n) is 8.52. The van der Waals surface area contributed by atoms with Crippen LogP contribution in [0.2, 0.25) is 0 Å². The largest absolute Gasteiger partial charge is 0.487 e. The molecule has 1 N–H and O–H groups in total. The molecule has 0 saturated carbocycles. The van der Waals surface area contributed by atoms with Gasteiger partial charge in [-0.2, -0.15) is 0 Å². The molecule has 0 spiro atoms. The first-order valence-corrected chi connectivity index (χ1v) is 8.52. The topological polar surface area (TPSA) is 56.8 Å². The summed E-state index contributed by atoms with van der Waals surface area (Å²) in [4.78, 5) is 11.8. The van der Waals surface area contributed by atoms with E-state index in [0.717, 1.165) is 5.56 Å². The molecule has 5 nitrogen and oxygen atoms in total. The average molecular weight is 345 g/mol. The summed E-state index contributed by atoms with van der Waals surface area (Å²) in [6.45, 7) is 13.6. The molecule has 1 aromatic rings. The van der Waals surface area contributed by atoms with Gasteiger partial charge in [-0.1, -0.05) is 24.2 Å². The van der Waals surface area contributed by atoms with Crippen LogP contribution in [0.25, 0.3) is 6.08 Å². The van der Waals surface area contributed by atoms with Gasteiger partial charge >= 0.3 is 13.2 Å². The third kappa shape index (κ3) is 5.34. The predicted octanol–water partition coefficient (Wildman–Crippen LogP) is 4.68. The van der Waals surface area contributed by atoms with Crippen LogP contribution < -0.4 is 5.32 Å². The lowest BCUT2D eigenvalue weighted by atomic mass is 9.89. The molecule has 1 heterocycles. The number of nitrogens with one attached hydrogen (secondary N) is 1. The molecule has 1 amide bonds. The van der Waals surface area contributed by atoms with Crippen molar-refractivity contribution >= 4 is 25.0 Å². The molecular weight excluding hydrogens is 317 g/mol. The Bertz CT molecular complexity index is 628. The number of hydrogen-bond donors (Lipinski definition) is 1. The number of carbonyl (C=O) groups excluding carboxylic acids is 1. The van der Waals surface area contributed by atoms with E-state index in [4.69, 9.17) is 14.0 Å². The summed E-state index contributed by atoms with van der Waals surface area (Å²) in [5.41, 5.74) is 0.466. The van der Waals surface area contributed by atoms with Gasteiger partial charge in [-0.15, -0.1) is 0 Å². The fourth-order valence-electron chi connectivity index (χ4n) is 2.26. The highest BCUT2D eigenvalue weighted by Gasteiger charge is 2.49. The Kier molecular flexibility index (Phi) is 5.35. The standard InChI is InChI=1S/C19H28BNO4/c1-17(2,3)23-16(22)21-15-10-8-14(9-11-15)12-13-20-24-18(4,5)19(6,7)25-20/h8-13H,1-7H3,(H,21,22). The van der Waals surface area contributed by atoms with Crippen LogP contribution in [-0.2, 0) is 14.0 Å². The molecule has 0 unspecified atom stereocenters. The van der Waals surface area contributed by atoms with Crippen LogP contribution in [0.3, 0.4) is 0 Å². The molecule has 2 rings (SSSR count). The first-order chi connectivity index (χ1) is 11.4. The van der Waals surface area contributed by atoms with Crippen LogP contribution in [0.15, 0.2) is 30.2 Å². The lowest BCUT2D eigenvalue weighted by Crippen LogP contribution is -2.41. The predicted molar refractivity (Wildman–Crippen MR) is 101 cm³/mol. The Hall–Kier alpha value is -1.79. The highest BCUT2D eigenvalue weighted by atomic mass is 16.7. The van der Waals surface area contributed by atoms with E-state index < -0.39 is 11.7 Å². The Labute approximate surface area is 150 Å². The number of rotatable bonds is 3. The van der Waals surface area contributed by atoms with Gasteiger partial charge in [0.1, 0.15) is 5.60 Å². The van der Waals surface area contributed by atoms with Gasteiger partial charge in [-0.3, -0.25) is 5.32 Å². The second-order valence-electron chi connectivity index (χ2n) is 8.23. The number of carbonyl (C=O) groups is 1. The minimum atomic E-state index is -0.518. The van der Waals surface area contributed by atoms with E-state index in [-0.39, 0.29) is 18.3 Å². The van der Waals surface area contributed by atoms with Gasteiger partial charge in [0.05, 0.1) is 11.2 Å². The maximum absolute atomic E-state index is 11.8. The van der Waals surface area contributed by atoms with Crippen molar-refractivity contribution in [3.05, 3.63) is 35.8 Å². The maximum atomic E-state index is 11.8. The van der Waals surface area contributed by atoms with E-state index in [0.29, 0.717) is 5.69 Å². The third-order valence-corrected chi connectivity index (χ3v) is 4.27. The normalized spacial score (nSPS) is 19.2. The Morgan fingerprint density at radius 3 is 2.08 bits per heavy atom. The highest BCUT2D eigenvalue weighted by molar-refractivity contribution is 6.52. The Morgan fingerprint density at radius 1 is 1.08 bits per heavy atom. The van der Waals surface area contributed by atoms with Gasteiger partial charge < -0.3 is 14.0 Å². The zero-order valence-corrected chi connectivity index (χ0v) is 16.2. The first kappa shape index (κ1) is 19.5. The van der Waals surface area contributed by atoms with Gasteiger partial charge in [0.15, 0.2) is 0 Å². The molecule has 1 aromatic carbocycles. The van der Waals surface area contributed by atoms with Crippen LogP contribution in [0.5, 0.6) is 0 Å². The zero-order valence-electron chi connectivity index (χ0n) is 16.2. The van der Waals surface area contributed by atoms with Crippen LogP contribution in [0.4, 0.5) is 10.5 Å². The van der Waals surface area contributed by atoms with Crippen LogP contribution in [-0.4, -0.2) is 30.0 Å². The van der Waals surface area contributed by atoms with Crippen LogP contribution in [0, 0.1) is 0 Å². The smallest absolute Gasteiger partial charge is 0.444 e. The number of hydrogen-bond acceptors (Lipinski definition) is 4. The minimum Gasteiger partial charge on any atom is -0.444 e. The molecule has 25 heavy (non-hydrogen) atoms. The summed E-state index contributed by atoms with van der Waals surface area (Å²) in [5, 5.41) is 2.71. The monoisotopic (exact) mass is 345 g/mol. The highest BCUT2D eigenvalue weighted by Crippen LogP contribution is 2.37. The van der Waals surface area contributed by atoms with Crippen LogP contribution >= 0.6 is 0 Å². The molecule has 1 saturated heterocycles. The van der Waals surface area contributed by atoms with Crippen molar-refractivity contribution in [3.8, 4) is 0 Å². The van der Waals surface area contributed by atoms with Gasteiger partial charge in [0.2, 0.25) is 0 Å². The van der Waals surface area contributed by atoms with Crippen molar-refractivity contribution < 1.29 is 18.8 Å².